The van der Waals surface area contributed by atoms with E-state index in [1.807, 2.05) is 24.3 Å². The van der Waals surface area contributed by atoms with Crippen LogP contribution in [-0.4, -0.2) is 12.3 Å². The molecule has 0 aliphatic rings. The molecule has 1 atom stereocenters. The second-order valence-electron chi connectivity index (χ2n) is 3.52. The first-order valence-corrected chi connectivity index (χ1v) is 5.09. The maximum Gasteiger partial charge on any atom is 0.212 e. The van der Waals surface area contributed by atoms with Crippen LogP contribution in [0.4, 0.5) is 0 Å². The highest BCUT2D eigenvalue weighted by Crippen LogP contribution is 2.17. The van der Waals surface area contributed by atoms with Crippen LogP contribution in [0.1, 0.15) is 22.0 Å². The molecule has 2 aromatic rings. The molecule has 2 rings (SSSR count). The Morgan fingerprint density at radius 1 is 1.00 bits per heavy atom. The molecule has 0 fully saturated rings. The van der Waals surface area contributed by atoms with Gasteiger partial charge in [-0.15, -0.1) is 0 Å². The summed E-state index contributed by atoms with van der Waals surface area (Å²) < 4.78 is 7.06. The maximum absolute atomic E-state index is 12.1. The van der Waals surface area contributed by atoms with Crippen molar-refractivity contribution >= 4 is 5.78 Å². The van der Waals surface area contributed by atoms with Gasteiger partial charge in [-0.2, -0.15) is 0 Å². The lowest BCUT2D eigenvalue weighted by molar-refractivity contribution is 0.0747. The smallest absolute Gasteiger partial charge is 0.212 e. The number of hydrogen-bond acceptors (Lipinski definition) is 2. The molecule has 0 spiro atoms. The van der Waals surface area contributed by atoms with E-state index in [1.54, 1.807) is 36.4 Å². The summed E-state index contributed by atoms with van der Waals surface area (Å²) in [7, 11) is 0. The fraction of sp³-hybridized carbons (Fsp3) is 0.0714. The van der Waals surface area contributed by atoms with Crippen LogP contribution >= 0.6 is 0 Å². The molecule has 2 nitrogen and oxygen atoms in total. The average molecular weight is 213 g/mol. The SMILES string of the molecule is [2H]OC(C(=O)c1ccccc1)c1ccccc1. The molecule has 0 saturated heterocycles. The van der Waals surface area contributed by atoms with Crippen LogP contribution in [0, 0.1) is 0 Å². The Balaban J connectivity index is 2.29. The van der Waals surface area contributed by atoms with Gasteiger partial charge in [0.15, 0.2) is 5.78 Å². The lowest BCUT2D eigenvalue weighted by Gasteiger charge is -2.09. The third-order valence-electron chi connectivity index (χ3n) is 2.40. The number of rotatable bonds is 4. The van der Waals surface area contributed by atoms with Crippen molar-refractivity contribution in [3.8, 4) is 0 Å². The van der Waals surface area contributed by atoms with Gasteiger partial charge in [-0.25, -0.2) is 0 Å². The number of Topliss-reactive ketones (excluding diaryl/α,β-unsaturated/α-hetero) is 1. The zero-order valence-corrected chi connectivity index (χ0v) is 8.67. The summed E-state index contributed by atoms with van der Waals surface area (Å²) in [5, 5.41) is 4.55. The van der Waals surface area contributed by atoms with E-state index in [2.05, 4.69) is 5.11 Å². The van der Waals surface area contributed by atoms with Gasteiger partial charge >= 0.3 is 0 Å². The van der Waals surface area contributed by atoms with E-state index in [1.165, 1.54) is 0 Å². The molecule has 0 heterocycles. The number of carbonyl (C=O) groups excluding carboxylic acids is 1. The first kappa shape index (κ1) is 9.31. The molecule has 0 radical (unpaired) electrons. The van der Waals surface area contributed by atoms with Crippen molar-refractivity contribution in [1.29, 1.82) is 1.43 Å². The van der Waals surface area contributed by atoms with Crippen LogP contribution in [0.15, 0.2) is 60.7 Å². The van der Waals surface area contributed by atoms with Crippen LogP contribution in [0.5, 0.6) is 0 Å². The number of hydrogen-bond donors (Lipinski definition) is 1. The molecular weight excluding hydrogens is 200 g/mol. The molecule has 0 aliphatic heterocycles. The molecule has 16 heavy (non-hydrogen) atoms. The van der Waals surface area contributed by atoms with Gasteiger partial charge in [0.25, 0.3) is 0 Å². The summed E-state index contributed by atoms with van der Waals surface area (Å²) in [4.78, 5) is 12.1. The van der Waals surface area contributed by atoms with Gasteiger partial charge in [0.05, 0.1) is 0 Å². The highest BCUT2D eigenvalue weighted by Gasteiger charge is 2.18. The minimum absolute atomic E-state index is 0.202. The number of aliphatic hydroxyl groups is 1. The molecule has 80 valence electrons. The van der Waals surface area contributed by atoms with E-state index >= 15 is 0 Å². The standard InChI is InChI=1S/C14H12O2/c15-13(11-7-3-1-4-8-11)14(16)12-9-5-2-6-10-12/h1-10,13,15H/i15D. The molecular formula is C14H12O2. The predicted molar refractivity (Wildman–Crippen MR) is 62.2 cm³/mol. The van der Waals surface area contributed by atoms with Crippen LogP contribution in [0.25, 0.3) is 0 Å². The van der Waals surface area contributed by atoms with Gasteiger partial charge in [-0.1, -0.05) is 60.7 Å². The van der Waals surface area contributed by atoms with Crippen LogP contribution in [-0.2, 0) is 0 Å². The summed E-state index contributed by atoms with van der Waals surface area (Å²) in [6.45, 7) is 0. The molecule has 2 heteroatoms. The molecule has 0 bridgehead atoms. The third kappa shape index (κ3) is 2.18. The summed E-state index contributed by atoms with van der Waals surface area (Å²) >= 11 is 0. The van der Waals surface area contributed by atoms with Gasteiger partial charge in [-0.3, -0.25) is 4.79 Å². The fourth-order valence-corrected chi connectivity index (χ4v) is 1.53. The monoisotopic (exact) mass is 213 g/mol. The summed E-state index contributed by atoms with van der Waals surface area (Å²) in [6.07, 6.45) is -0.862. The number of aliphatic hydroxyl groups excluding tert-OH is 1. The van der Waals surface area contributed by atoms with Crippen molar-refractivity contribution in [2.75, 3.05) is 0 Å². The van der Waals surface area contributed by atoms with Crippen molar-refractivity contribution in [2.45, 2.75) is 6.10 Å². The fourth-order valence-electron chi connectivity index (χ4n) is 1.53. The van der Waals surface area contributed by atoms with Crippen LogP contribution in [0.3, 0.4) is 0 Å². The zero-order valence-electron chi connectivity index (χ0n) is 9.67. The van der Waals surface area contributed by atoms with E-state index in [9.17, 15) is 4.79 Å². The molecule has 1 unspecified atom stereocenters. The average Bonchev–Trinajstić information content (AvgIpc) is 2.42. The second kappa shape index (κ2) is 4.73. The van der Waals surface area contributed by atoms with Crippen molar-refractivity contribution < 1.29 is 9.90 Å². The van der Waals surface area contributed by atoms with Crippen molar-refractivity contribution in [3.63, 3.8) is 0 Å². The first-order chi connectivity index (χ1) is 8.33. The van der Waals surface area contributed by atoms with Gasteiger partial charge in [0, 0.05) is 5.56 Å². The van der Waals surface area contributed by atoms with E-state index in [0.717, 1.165) is 0 Å². The highest BCUT2D eigenvalue weighted by molar-refractivity contribution is 5.99. The second-order valence-corrected chi connectivity index (χ2v) is 3.52. The normalized spacial score (nSPS) is 12.9. The molecule has 1 N–H and O–H groups in total. The van der Waals surface area contributed by atoms with Gasteiger partial charge in [0.1, 0.15) is 6.10 Å². The van der Waals surface area contributed by atoms with Gasteiger partial charge < -0.3 is 5.11 Å². The first-order valence-electron chi connectivity index (χ1n) is 5.50. The Kier molecular flexibility index (Phi) is 2.75. The largest absolute Gasteiger partial charge is 0.380 e. The molecule has 0 aromatic heterocycles. The molecule has 0 amide bonds. The molecule has 0 saturated carbocycles. The number of carbonyl (C=O) groups is 1. The highest BCUT2D eigenvalue weighted by atomic mass is 16.3. The van der Waals surface area contributed by atoms with Crippen molar-refractivity contribution in [2.24, 2.45) is 0 Å². The number of ketones is 1. The van der Waals surface area contributed by atoms with Gasteiger partial charge in [0.2, 0.25) is 1.43 Å². The quantitative estimate of drug-likeness (QED) is 0.792. The minimum atomic E-state index is -0.862. The van der Waals surface area contributed by atoms with Crippen molar-refractivity contribution in [1.82, 2.24) is 0 Å². The Bertz CT molecular complexity index is 482. The Morgan fingerprint density at radius 3 is 2.12 bits per heavy atom. The molecule has 0 aliphatic carbocycles. The third-order valence-corrected chi connectivity index (χ3v) is 2.40. The lowest BCUT2D eigenvalue weighted by Crippen LogP contribution is -2.11. The topological polar surface area (TPSA) is 37.3 Å². The summed E-state index contributed by atoms with van der Waals surface area (Å²) in [6, 6.07) is 17.9. The van der Waals surface area contributed by atoms with Gasteiger partial charge in [-0.05, 0) is 5.56 Å². The minimum Gasteiger partial charge on any atom is -0.380 e. The van der Waals surface area contributed by atoms with E-state index in [0.29, 0.717) is 11.1 Å². The summed E-state index contributed by atoms with van der Waals surface area (Å²) in [5.74, 6) is -0.202. The molecule has 2 aromatic carbocycles. The Labute approximate surface area is 95.7 Å². The number of benzene rings is 2. The maximum atomic E-state index is 12.1. The van der Waals surface area contributed by atoms with Crippen molar-refractivity contribution in [3.05, 3.63) is 71.8 Å². The van der Waals surface area contributed by atoms with E-state index in [4.69, 9.17) is 1.43 Å². The lowest BCUT2D eigenvalue weighted by atomic mass is 10.0. The Hall–Kier alpha value is -1.93. The zero-order chi connectivity index (χ0) is 12.1. The van der Waals surface area contributed by atoms with Crippen LogP contribution in [0.2, 0.25) is 0 Å². The predicted octanol–water partition coefficient (Wildman–Crippen LogP) is 2.60. The Morgan fingerprint density at radius 2 is 1.56 bits per heavy atom. The van der Waals surface area contributed by atoms with E-state index in [-0.39, 0.29) is 5.78 Å². The van der Waals surface area contributed by atoms with Crippen LogP contribution < -0.4 is 0 Å². The van der Waals surface area contributed by atoms with E-state index < -0.39 is 6.10 Å². The summed E-state index contributed by atoms with van der Waals surface area (Å²) in [5.41, 5.74) is 1.24.